The maximum absolute atomic E-state index is 11.5. The van der Waals surface area contributed by atoms with Gasteiger partial charge in [-0.3, -0.25) is 0 Å². The van der Waals surface area contributed by atoms with Crippen LogP contribution < -0.4 is 0 Å². The van der Waals surface area contributed by atoms with Crippen molar-refractivity contribution in [3.63, 3.8) is 0 Å². The molecule has 78 valence electrons. The van der Waals surface area contributed by atoms with Gasteiger partial charge in [0.05, 0.1) is 10.5 Å². The van der Waals surface area contributed by atoms with Crippen LogP contribution in [0, 0.1) is 0 Å². The van der Waals surface area contributed by atoms with Gasteiger partial charge in [0.2, 0.25) is 0 Å². The normalized spacial score (nSPS) is 37.7. The van der Waals surface area contributed by atoms with Gasteiger partial charge in [0.1, 0.15) is 0 Å². The van der Waals surface area contributed by atoms with Crippen LogP contribution in [0.1, 0.15) is 12.8 Å². The Bertz CT molecular complexity index is 449. The smallest absolute Gasteiger partial charge is 0.176 e. The van der Waals surface area contributed by atoms with Crippen LogP contribution in [-0.2, 0) is 19.7 Å². The molecule has 1 aliphatic heterocycles. The summed E-state index contributed by atoms with van der Waals surface area (Å²) in [5.41, 5.74) is 0. The van der Waals surface area contributed by atoms with Gasteiger partial charge in [-0.2, -0.15) is 0 Å². The number of hydrogen-bond donors (Lipinski definition) is 0. The molecule has 1 aliphatic carbocycles. The molecule has 0 spiro atoms. The van der Waals surface area contributed by atoms with E-state index >= 15 is 0 Å². The quantitative estimate of drug-likeness (QED) is 0.568. The summed E-state index contributed by atoms with van der Waals surface area (Å²) in [6, 6.07) is 0. The van der Waals surface area contributed by atoms with Gasteiger partial charge in [-0.1, -0.05) is 12.2 Å². The summed E-state index contributed by atoms with van der Waals surface area (Å²) in [6.07, 6.45) is 4.06. The zero-order valence-electron chi connectivity index (χ0n) is 7.33. The van der Waals surface area contributed by atoms with Crippen LogP contribution in [0.4, 0.5) is 0 Å². The average molecular weight is 234 g/mol. The molecule has 0 bridgehead atoms. The van der Waals surface area contributed by atoms with E-state index in [-0.39, 0.29) is 0 Å². The van der Waals surface area contributed by atoms with Crippen molar-refractivity contribution in [1.29, 1.82) is 0 Å². The zero-order valence-corrected chi connectivity index (χ0v) is 8.96. The Hall–Kier alpha value is -0.620. The average Bonchev–Trinajstić information content (AvgIpc) is 2.14. The minimum Gasteiger partial charge on any atom is -0.224 e. The fourth-order valence-electron chi connectivity index (χ4n) is 1.81. The zero-order chi connectivity index (χ0) is 10.4. The number of hydrogen-bond acceptors (Lipinski definition) is 4. The van der Waals surface area contributed by atoms with Crippen molar-refractivity contribution in [3.05, 3.63) is 23.0 Å². The van der Waals surface area contributed by atoms with Gasteiger partial charge < -0.3 is 0 Å². The molecule has 0 N–H and O–H groups in total. The Labute approximate surface area is 83.2 Å². The van der Waals surface area contributed by atoms with E-state index < -0.39 is 30.2 Å². The third-order valence-electron chi connectivity index (χ3n) is 2.60. The molecule has 0 aromatic rings. The van der Waals surface area contributed by atoms with Crippen molar-refractivity contribution in [2.75, 3.05) is 0 Å². The monoisotopic (exact) mass is 234 g/mol. The molecule has 2 unspecified atom stereocenters. The number of rotatable bonds is 0. The highest BCUT2D eigenvalue weighted by Gasteiger charge is 2.42. The lowest BCUT2D eigenvalue weighted by atomic mass is 10.1. The van der Waals surface area contributed by atoms with E-state index in [0.29, 0.717) is 12.8 Å². The highest BCUT2D eigenvalue weighted by atomic mass is 32.2. The summed E-state index contributed by atoms with van der Waals surface area (Å²) in [4.78, 5) is 0. The van der Waals surface area contributed by atoms with Crippen molar-refractivity contribution >= 4 is 19.7 Å². The number of fused-ring (bicyclic) bond motifs is 1. The lowest BCUT2D eigenvalue weighted by molar-refractivity contribution is 0.552. The van der Waals surface area contributed by atoms with E-state index in [0.717, 1.165) is 10.8 Å². The van der Waals surface area contributed by atoms with E-state index in [1.165, 1.54) is 0 Å². The van der Waals surface area contributed by atoms with Gasteiger partial charge in [-0.05, 0) is 12.8 Å². The molecule has 14 heavy (non-hydrogen) atoms. The second-order valence-corrected chi connectivity index (χ2v) is 7.58. The Morgan fingerprint density at radius 1 is 0.786 bits per heavy atom. The fraction of sp³-hybridized carbons (Fsp3) is 0.500. The predicted octanol–water partition coefficient (Wildman–Crippen LogP) is 0.388. The Balaban J connectivity index is 2.60. The Morgan fingerprint density at radius 2 is 1.14 bits per heavy atom. The molecule has 2 atom stereocenters. The van der Waals surface area contributed by atoms with Crippen LogP contribution in [0.5, 0.6) is 0 Å². The predicted molar refractivity (Wildman–Crippen MR) is 52.9 cm³/mol. The largest absolute Gasteiger partial charge is 0.224 e. The molecule has 0 aromatic heterocycles. The topological polar surface area (TPSA) is 68.3 Å². The van der Waals surface area contributed by atoms with Crippen molar-refractivity contribution in [1.82, 2.24) is 0 Å². The molecule has 1 heterocycles. The molecule has 2 rings (SSSR count). The maximum Gasteiger partial charge on any atom is 0.176 e. The highest BCUT2D eigenvalue weighted by molar-refractivity contribution is 8.01. The van der Waals surface area contributed by atoms with E-state index in [9.17, 15) is 16.8 Å². The molecule has 0 fully saturated rings. The van der Waals surface area contributed by atoms with Crippen LogP contribution in [0.25, 0.3) is 0 Å². The first-order valence-corrected chi connectivity index (χ1v) is 7.46. The van der Waals surface area contributed by atoms with E-state index in [2.05, 4.69) is 0 Å². The SMILES string of the molecule is O=S1(=O)C=CS(=O)(=O)C2CC=CCC21. The second-order valence-electron chi connectivity index (χ2n) is 3.47. The Kier molecular flexibility index (Phi) is 2.08. The van der Waals surface area contributed by atoms with Crippen molar-refractivity contribution < 1.29 is 16.8 Å². The summed E-state index contributed by atoms with van der Waals surface area (Å²) >= 11 is 0. The van der Waals surface area contributed by atoms with Crippen LogP contribution in [0.3, 0.4) is 0 Å². The van der Waals surface area contributed by atoms with Crippen LogP contribution in [-0.4, -0.2) is 27.3 Å². The van der Waals surface area contributed by atoms with E-state index in [1.54, 1.807) is 12.2 Å². The first-order chi connectivity index (χ1) is 6.43. The third-order valence-corrected chi connectivity index (χ3v) is 6.70. The van der Waals surface area contributed by atoms with Gasteiger partial charge in [0, 0.05) is 10.8 Å². The van der Waals surface area contributed by atoms with Crippen LogP contribution in [0.15, 0.2) is 23.0 Å². The molecule has 0 saturated carbocycles. The van der Waals surface area contributed by atoms with Crippen molar-refractivity contribution in [2.45, 2.75) is 23.3 Å². The van der Waals surface area contributed by atoms with Crippen molar-refractivity contribution in [3.8, 4) is 0 Å². The maximum atomic E-state index is 11.5. The standard InChI is InChI=1S/C8H10O4S2/c9-13(10)5-6-14(11,12)8-4-2-1-3-7(8)13/h1-2,5-8H,3-4H2. The van der Waals surface area contributed by atoms with Crippen molar-refractivity contribution in [2.24, 2.45) is 0 Å². The molecular formula is C8H10O4S2. The van der Waals surface area contributed by atoms with Gasteiger partial charge in [-0.25, -0.2) is 16.8 Å². The molecule has 2 aliphatic rings. The molecule has 0 radical (unpaired) electrons. The van der Waals surface area contributed by atoms with E-state index in [1.807, 2.05) is 0 Å². The molecule has 6 heteroatoms. The minimum atomic E-state index is -3.37. The van der Waals surface area contributed by atoms with Gasteiger partial charge in [0.25, 0.3) is 0 Å². The second kappa shape index (κ2) is 2.93. The minimum absolute atomic E-state index is 0.302. The first-order valence-electron chi connectivity index (χ1n) is 4.24. The Morgan fingerprint density at radius 3 is 1.50 bits per heavy atom. The molecule has 0 aromatic carbocycles. The molecular weight excluding hydrogens is 224 g/mol. The third kappa shape index (κ3) is 1.42. The number of sulfone groups is 2. The summed E-state index contributed by atoms with van der Waals surface area (Å²) in [5.74, 6) is 0. The molecule has 0 saturated heterocycles. The van der Waals surface area contributed by atoms with Crippen LogP contribution in [0.2, 0.25) is 0 Å². The summed E-state index contributed by atoms with van der Waals surface area (Å²) in [6.45, 7) is 0. The van der Waals surface area contributed by atoms with E-state index in [4.69, 9.17) is 0 Å². The van der Waals surface area contributed by atoms with Gasteiger partial charge >= 0.3 is 0 Å². The van der Waals surface area contributed by atoms with Gasteiger partial charge in [0.15, 0.2) is 19.7 Å². The first kappa shape index (κ1) is 9.92. The lowest BCUT2D eigenvalue weighted by Gasteiger charge is -2.28. The fourth-order valence-corrected chi connectivity index (χ4v) is 6.21. The van der Waals surface area contributed by atoms with Crippen LogP contribution >= 0.6 is 0 Å². The lowest BCUT2D eigenvalue weighted by Crippen LogP contribution is -2.41. The summed E-state index contributed by atoms with van der Waals surface area (Å²) < 4.78 is 46.1. The van der Waals surface area contributed by atoms with Gasteiger partial charge in [-0.15, -0.1) is 0 Å². The number of allylic oxidation sites excluding steroid dienone is 2. The summed E-state index contributed by atoms with van der Waals surface area (Å²) in [7, 11) is -6.73. The molecule has 4 nitrogen and oxygen atoms in total. The highest BCUT2D eigenvalue weighted by Crippen LogP contribution is 2.31. The molecule has 0 amide bonds. The summed E-state index contributed by atoms with van der Waals surface area (Å²) in [5, 5.41) is 0.0932.